The molecule has 138 valence electrons. The second-order valence-corrected chi connectivity index (χ2v) is 6.98. The molecule has 1 aromatic heterocycles. The number of rotatable bonds is 5. The first-order chi connectivity index (χ1) is 13.0. The fourth-order valence-electron chi connectivity index (χ4n) is 2.69. The van der Waals surface area contributed by atoms with Gasteiger partial charge in [-0.25, -0.2) is 4.98 Å². The van der Waals surface area contributed by atoms with Crippen molar-refractivity contribution in [1.29, 1.82) is 0 Å². The van der Waals surface area contributed by atoms with Crippen molar-refractivity contribution in [2.75, 3.05) is 6.54 Å². The highest BCUT2D eigenvalue weighted by Gasteiger charge is 2.19. The van der Waals surface area contributed by atoms with E-state index in [1.165, 1.54) is 0 Å². The summed E-state index contributed by atoms with van der Waals surface area (Å²) in [6, 6.07) is 15.2. The van der Waals surface area contributed by atoms with E-state index in [0.29, 0.717) is 18.5 Å². The summed E-state index contributed by atoms with van der Waals surface area (Å²) in [5.41, 5.74) is 1.58. The number of nitrogens with one attached hydrogen (secondary N) is 2. The Morgan fingerprint density at radius 2 is 1.96 bits per heavy atom. The number of carbonyl (C=O) groups excluding carboxylic acids is 1. The van der Waals surface area contributed by atoms with E-state index in [4.69, 9.17) is 0 Å². The molecule has 0 aliphatic heterocycles. The molecule has 27 heavy (non-hydrogen) atoms. The van der Waals surface area contributed by atoms with Crippen molar-refractivity contribution in [3.8, 4) is 17.1 Å². The van der Waals surface area contributed by atoms with Gasteiger partial charge < -0.3 is 15.4 Å². The maximum absolute atomic E-state index is 12.4. The summed E-state index contributed by atoms with van der Waals surface area (Å²) >= 11 is 3.38. The second-order valence-electron chi connectivity index (χ2n) is 6.06. The Balaban J connectivity index is 1.83. The van der Waals surface area contributed by atoms with Crippen LogP contribution in [-0.4, -0.2) is 27.5 Å². The van der Waals surface area contributed by atoms with Crippen LogP contribution in [0.5, 0.6) is 5.75 Å². The highest BCUT2D eigenvalue weighted by atomic mass is 79.9. The molecule has 0 fully saturated rings. The SMILES string of the molecule is Cc1cc(Br)ccc1-c1nc(C(=O)NCCc2ccccc2)c(O)c(=O)[nH]1. The minimum atomic E-state index is -0.754. The number of aromatic hydroxyl groups is 1. The fraction of sp³-hybridized carbons (Fsp3) is 0.150. The first kappa shape index (κ1) is 18.8. The second kappa shape index (κ2) is 8.18. The van der Waals surface area contributed by atoms with Crippen LogP contribution in [0.15, 0.2) is 57.8 Å². The van der Waals surface area contributed by atoms with E-state index in [-0.39, 0.29) is 11.5 Å². The number of benzene rings is 2. The zero-order chi connectivity index (χ0) is 19.4. The highest BCUT2D eigenvalue weighted by molar-refractivity contribution is 9.10. The highest BCUT2D eigenvalue weighted by Crippen LogP contribution is 2.24. The minimum absolute atomic E-state index is 0.232. The molecule has 3 aromatic rings. The number of aryl methyl sites for hydroxylation is 1. The molecule has 0 aliphatic carbocycles. The standard InChI is InChI=1S/C20H18BrN3O3/c1-12-11-14(21)7-8-15(12)18-23-16(17(25)20(27)24-18)19(26)22-10-9-13-5-3-2-4-6-13/h2-8,11,25H,9-10H2,1H3,(H,22,26)(H,23,24,27). The molecular formula is C20H18BrN3O3. The number of carbonyl (C=O) groups is 1. The van der Waals surface area contributed by atoms with Gasteiger partial charge in [-0.1, -0.05) is 46.3 Å². The third-order valence-electron chi connectivity index (χ3n) is 4.10. The molecular weight excluding hydrogens is 410 g/mol. The average Bonchev–Trinajstić information content (AvgIpc) is 2.65. The van der Waals surface area contributed by atoms with Crippen molar-refractivity contribution in [3.05, 3.63) is 80.2 Å². The van der Waals surface area contributed by atoms with E-state index in [1.54, 1.807) is 6.07 Å². The predicted molar refractivity (Wildman–Crippen MR) is 107 cm³/mol. The Labute approximate surface area is 164 Å². The maximum Gasteiger partial charge on any atom is 0.294 e. The van der Waals surface area contributed by atoms with Crippen molar-refractivity contribution in [2.24, 2.45) is 0 Å². The van der Waals surface area contributed by atoms with Gasteiger partial charge in [0.1, 0.15) is 5.82 Å². The Bertz CT molecular complexity index is 1030. The molecule has 0 radical (unpaired) electrons. The molecule has 3 rings (SSSR count). The number of aromatic amines is 1. The van der Waals surface area contributed by atoms with Crippen LogP contribution >= 0.6 is 15.9 Å². The van der Waals surface area contributed by atoms with Gasteiger partial charge in [-0.3, -0.25) is 9.59 Å². The number of H-pyrrole nitrogens is 1. The molecule has 7 heteroatoms. The van der Waals surface area contributed by atoms with Gasteiger partial charge in [0.25, 0.3) is 11.5 Å². The molecule has 0 atom stereocenters. The van der Waals surface area contributed by atoms with Crippen molar-refractivity contribution in [3.63, 3.8) is 0 Å². The Morgan fingerprint density at radius 3 is 2.67 bits per heavy atom. The molecule has 0 unspecified atom stereocenters. The van der Waals surface area contributed by atoms with Crippen LogP contribution in [0.3, 0.4) is 0 Å². The summed E-state index contributed by atoms with van der Waals surface area (Å²) in [4.78, 5) is 31.2. The Morgan fingerprint density at radius 1 is 1.22 bits per heavy atom. The first-order valence-electron chi connectivity index (χ1n) is 8.37. The van der Waals surface area contributed by atoms with Crippen molar-refractivity contribution >= 4 is 21.8 Å². The van der Waals surface area contributed by atoms with Crippen LogP contribution in [0.4, 0.5) is 0 Å². The summed E-state index contributed by atoms with van der Waals surface area (Å²) < 4.78 is 0.892. The molecule has 0 aliphatic rings. The van der Waals surface area contributed by atoms with Gasteiger partial charge in [0.2, 0.25) is 5.75 Å². The Hall–Kier alpha value is -2.93. The van der Waals surface area contributed by atoms with E-state index in [2.05, 4.69) is 31.2 Å². The average molecular weight is 428 g/mol. The number of nitrogens with zero attached hydrogens (tertiary/aromatic N) is 1. The molecule has 0 saturated heterocycles. The lowest BCUT2D eigenvalue weighted by molar-refractivity contribution is 0.0946. The molecule has 1 heterocycles. The van der Waals surface area contributed by atoms with E-state index in [0.717, 1.165) is 15.6 Å². The summed E-state index contributed by atoms with van der Waals surface area (Å²) in [5, 5.41) is 12.7. The maximum atomic E-state index is 12.4. The van der Waals surface area contributed by atoms with Gasteiger partial charge >= 0.3 is 0 Å². The predicted octanol–water partition coefficient (Wildman–Crippen LogP) is 3.19. The van der Waals surface area contributed by atoms with Gasteiger partial charge in [0.05, 0.1) is 0 Å². The summed E-state index contributed by atoms with van der Waals surface area (Å²) in [6.07, 6.45) is 0.634. The largest absolute Gasteiger partial charge is 0.501 e. The van der Waals surface area contributed by atoms with E-state index < -0.39 is 17.2 Å². The molecule has 0 bridgehead atoms. The third kappa shape index (κ3) is 4.43. The first-order valence-corrected chi connectivity index (χ1v) is 9.17. The number of amides is 1. The van der Waals surface area contributed by atoms with Crippen LogP contribution in [0.1, 0.15) is 21.6 Å². The molecule has 0 spiro atoms. The molecule has 3 N–H and O–H groups in total. The van der Waals surface area contributed by atoms with Crippen LogP contribution in [-0.2, 0) is 6.42 Å². The van der Waals surface area contributed by atoms with E-state index in [9.17, 15) is 14.7 Å². The van der Waals surface area contributed by atoms with Gasteiger partial charge in [0.15, 0.2) is 5.69 Å². The van der Waals surface area contributed by atoms with Gasteiger partial charge in [-0.05, 0) is 42.7 Å². The van der Waals surface area contributed by atoms with Crippen LogP contribution in [0.2, 0.25) is 0 Å². The number of hydrogen-bond acceptors (Lipinski definition) is 4. The van der Waals surface area contributed by atoms with E-state index in [1.807, 2.05) is 49.4 Å². The van der Waals surface area contributed by atoms with Crippen LogP contribution in [0.25, 0.3) is 11.4 Å². The smallest absolute Gasteiger partial charge is 0.294 e. The lowest BCUT2D eigenvalue weighted by atomic mass is 10.1. The number of halogens is 1. The van der Waals surface area contributed by atoms with Gasteiger partial charge in [-0.15, -0.1) is 0 Å². The number of aromatic nitrogens is 2. The van der Waals surface area contributed by atoms with E-state index >= 15 is 0 Å². The van der Waals surface area contributed by atoms with Crippen molar-refractivity contribution in [2.45, 2.75) is 13.3 Å². The Kier molecular flexibility index (Phi) is 5.71. The topological polar surface area (TPSA) is 95.1 Å². The molecule has 0 saturated carbocycles. The zero-order valence-electron chi connectivity index (χ0n) is 14.6. The monoisotopic (exact) mass is 427 g/mol. The lowest BCUT2D eigenvalue weighted by Crippen LogP contribution is -2.28. The van der Waals surface area contributed by atoms with Crippen LogP contribution in [0, 0.1) is 6.92 Å². The van der Waals surface area contributed by atoms with Gasteiger partial charge in [0, 0.05) is 16.6 Å². The summed E-state index contributed by atoms with van der Waals surface area (Å²) in [5.74, 6) is -1.05. The fourth-order valence-corrected chi connectivity index (χ4v) is 3.17. The quantitative estimate of drug-likeness (QED) is 0.582. The molecule has 6 nitrogen and oxygen atoms in total. The molecule has 1 amide bonds. The number of hydrogen-bond donors (Lipinski definition) is 3. The van der Waals surface area contributed by atoms with Crippen molar-refractivity contribution in [1.82, 2.24) is 15.3 Å². The normalized spacial score (nSPS) is 10.6. The van der Waals surface area contributed by atoms with Crippen molar-refractivity contribution < 1.29 is 9.90 Å². The molecule has 2 aromatic carbocycles. The van der Waals surface area contributed by atoms with Crippen LogP contribution < -0.4 is 10.9 Å². The summed E-state index contributed by atoms with van der Waals surface area (Å²) in [6.45, 7) is 2.23. The van der Waals surface area contributed by atoms with Gasteiger partial charge in [-0.2, -0.15) is 0 Å². The zero-order valence-corrected chi connectivity index (χ0v) is 16.2. The third-order valence-corrected chi connectivity index (χ3v) is 4.59. The minimum Gasteiger partial charge on any atom is -0.501 e. The lowest BCUT2D eigenvalue weighted by Gasteiger charge is -2.10. The summed E-state index contributed by atoms with van der Waals surface area (Å²) in [7, 11) is 0.